The Labute approximate surface area is 121 Å². The highest BCUT2D eigenvalue weighted by Crippen LogP contribution is 2.30. The van der Waals surface area contributed by atoms with Crippen molar-refractivity contribution >= 4 is 10.0 Å². The van der Waals surface area contributed by atoms with Crippen LogP contribution < -0.4 is 0 Å². The van der Waals surface area contributed by atoms with Crippen LogP contribution in [-0.2, 0) is 16.4 Å². The predicted octanol–water partition coefficient (Wildman–Crippen LogP) is 2.03. The van der Waals surface area contributed by atoms with Crippen LogP contribution in [0.25, 0.3) is 0 Å². The Kier molecular flexibility index (Phi) is 4.23. The van der Waals surface area contributed by atoms with E-state index >= 15 is 0 Å². The first kappa shape index (κ1) is 15.5. The summed E-state index contributed by atoms with van der Waals surface area (Å²) in [6, 6.07) is 7.07. The van der Waals surface area contributed by atoms with Crippen molar-refractivity contribution in [2.45, 2.75) is 44.1 Å². The third kappa shape index (κ3) is 3.05. The Hall–Kier alpha value is -0.910. The second-order valence-electron chi connectivity index (χ2n) is 6.09. The van der Waals surface area contributed by atoms with Crippen LogP contribution in [0.3, 0.4) is 0 Å². The molecule has 1 heterocycles. The number of aliphatic hydroxyl groups is 1. The molecule has 5 heteroatoms. The highest BCUT2D eigenvalue weighted by atomic mass is 32.2. The van der Waals surface area contributed by atoms with Crippen molar-refractivity contribution in [1.29, 1.82) is 0 Å². The lowest BCUT2D eigenvalue weighted by molar-refractivity contribution is -0.0613. The first-order valence-electron chi connectivity index (χ1n) is 7.08. The van der Waals surface area contributed by atoms with Gasteiger partial charge in [0.2, 0.25) is 10.0 Å². The minimum atomic E-state index is -3.46. The largest absolute Gasteiger partial charge is 0.387 e. The molecular weight excluding hydrogens is 274 g/mol. The maximum absolute atomic E-state index is 12.4. The van der Waals surface area contributed by atoms with E-state index in [0.717, 1.165) is 12.0 Å². The average Bonchev–Trinajstić information content (AvgIpc) is 2.35. The number of benzene rings is 1. The van der Waals surface area contributed by atoms with E-state index in [-0.39, 0.29) is 13.1 Å². The fourth-order valence-corrected chi connectivity index (χ4v) is 4.02. The van der Waals surface area contributed by atoms with E-state index in [9.17, 15) is 13.5 Å². The molecule has 0 aliphatic carbocycles. The average molecular weight is 297 g/mol. The summed E-state index contributed by atoms with van der Waals surface area (Å²) in [5, 5.41) is 9.94. The van der Waals surface area contributed by atoms with Crippen molar-refractivity contribution < 1.29 is 13.5 Å². The van der Waals surface area contributed by atoms with E-state index in [1.807, 2.05) is 19.1 Å². The molecule has 2 rings (SSSR count). The van der Waals surface area contributed by atoms with E-state index in [1.54, 1.807) is 12.1 Å². The van der Waals surface area contributed by atoms with Crippen LogP contribution in [0.4, 0.5) is 0 Å². The maximum atomic E-state index is 12.4. The zero-order chi connectivity index (χ0) is 15.0. The third-order valence-corrected chi connectivity index (χ3v) is 5.61. The van der Waals surface area contributed by atoms with Gasteiger partial charge in [0.05, 0.1) is 10.5 Å². The van der Waals surface area contributed by atoms with Gasteiger partial charge in [-0.3, -0.25) is 0 Å². The summed E-state index contributed by atoms with van der Waals surface area (Å²) in [6.45, 7) is 6.52. The molecule has 1 fully saturated rings. The second kappa shape index (κ2) is 5.47. The monoisotopic (exact) mass is 297 g/mol. The summed E-state index contributed by atoms with van der Waals surface area (Å²) < 4.78 is 26.1. The normalized spacial score (nSPS) is 19.1. The van der Waals surface area contributed by atoms with Crippen molar-refractivity contribution in [2.75, 3.05) is 13.1 Å². The van der Waals surface area contributed by atoms with Crippen LogP contribution >= 0.6 is 0 Å². The first-order chi connectivity index (χ1) is 9.27. The molecule has 0 aromatic heterocycles. The summed E-state index contributed by atoms with van der Waals surface area (Å²) in [7, 11) is -3.46. The molecule has 1 aliphatic heterocycles. The molecule has 0 amide bonds. The molecule has 0 radical (unpaired) electrons. The second-order valence-corrected chi connectivity index (χ2v) is 8.03. The van der Waals surface area contributed by atoms with Gasteiger partial charge in [-0.05, 0) is 36.5 Å². The number of nitrogens with zero attached hydrogens (tertiary/aromatic N) is 1. The summed E-state index contributed by atoms with van der Waals surface area (Å²) in [5.74, 6) is 0.549. The molecule has 0 atom stereocenters. The zero-order valence-electron chi connectivity index (χ0n) is 12.3. The highest BCUT2D eigenvalue weighted by Gasteiger charge is 2.45. The summed E-state index contributed by atoms with van der Waals surface area (Å²) >= 11 is 0. The molecule has 0 saturated carbocycles. The number of rotatable bonds is 5. The predicted molar refractivity (Wildman–Crippen MR) is 79.0 cm³/mol. The van der Waals surface area contributed by atoms with Crippen LogP contribution in [0.5, 0.6) is 0 Å². The summed E-state index contributed by atoms with van der Waals surface area (Å²) in [4.78, 5) is 0.308. The van der Waals surface area contributed by atoms with Gasteiger partial charge in [0, 0.05) is 13.1 Å². The van der Waals surface area contributed by atoms with Crippen molar-refractivity contribution in [2.24, 2.45) is 5.92 Å². The van der Waals surface area contributed by atoms with Gasteiger partial charge in [0.1, 0.15) is 0 Å². The van der Waals surface area contributed by atoms with Crippen LogP contribution in [-0.4, -0.2) is 36.5 Å². The van der Waals surface area contributed by atoms with Gasteiger partial charge in [0.15, 0.2) is 0 Å². The van der Waals surface area contributed by atoms with E-state index in [0.29, 0.717) is 17.2 Å². The Balaban J connectivity index is 2.11. The molecule has 1 aliphatic rings. The van der Waals surface area contributed by atoms with E-state index in [1.165, 1.54) is 4.31 Å². The lowest BCUT2D eigenvalue weighted by atomic mass is 9.94. The first-order valence-corrected chi connectivity index (χ1v) is 8.52. The van der Waals surface area contributed by atoms with Gasteiger partial charge < -0.3 is 5.11 Å². The van der Waals surface area contributed by atoms with Gasteiger partial charge in [-0.25, -0.2) is 8.42 Å². The smallest absolute Gasteiger partial charge is 0.243 e. The molecule has 112 valence electrons. The lowest BCUT2D eigenvalue weighted by Gasteiger charge is -2.44. The molecule has 1 saturated heterocycles. The van der Waals surface area contributed by atoms with Gasteiger partial charge in [-0.1, -0.05) is 32.9 Å². The SMILES string of the molecule is CCC1(O)CN(S(=O)(=O)c2ccc(CC(C)C)cc2)C1. The maximum Gasteiger partial charge on any atom is 0.243 e. The van der Waals surface area contributed by atoms with E-state index in [2.05, 4.69) is 13.8 Å². The Bertz CT molecular complexity index is 557. The molecule has 0 bridgehead atoms. The molecular formula is C15H23NO3S. The number of sulfonamides is 1. The Morgan fingerprint density at radius 3 is 2.25 bits per heavy atom. The van der Waals surface area contributed by atoms with Crippen LogP contribution in [0, 0.1) is 5.92 Å². The number of β-amino-alcohol motifs (C(OH)–C–C–N with tert-alkyl or cyclic N) is 1. The van der Waals surface area contributed by atoms with Crippen LogP contribution in [0.2, 0.25) is 0 Å². The number of hydrogen-bond acceptors (Lipinski definition) is 3. The number of hydrogen-bond donors (Lipinski definition) is 1. The standard InChI is InChI=1S/C15H23NO3S/c1-4-15(17)10-16(11-15)20(18,19)14-7-5-13(6-8-14)9-12(2)3/h5-8,12,17H,4,9-11H2,1-3H3. The van der Waals surface area contributed by atoms with E-state index < -0.39 is 15.6 Å². The minimum absolute atomic E-state index is 0.194. The van der Waals surface area contributed by atoms with Crippen molar-refractivity contribution in [3.8, 4) is 0 Å². The molecule has 0 spiro atoms. The minimum Gasteiger partial charge on any atom is -0.387 e. The summed E-state index contributed by atoms with van der Waals surface area (Å²) in [6.07, 6.45) is 1.52. The van der Waals surface area contributed by atoms with Gasteiger partial charge in [-0.2, -0.15) is 4.31 Å². The fourth-order valence-electron chi connectivity index (χ4n) is 2.42. The Morgan fingerprint density at radius 1 is 1.25 bits per heavy atom. The van der Waals surface area contributed by atoms with Crippen LogP contribution in [0.1, 0.15) is 32.8 Å². The fraction of sp³-hybridized carbons (Fsp3) is 0.600. The van der Waals surface area contributed by atoms with Crippen molar-refractivity contribution in [1.82, 2.24) is 4.31 Å². The molecule has 1 aromatic carbocycles. The zero-order valence-corrected chi connectivity index (χ0v) is 13.2. The van der Waals surface area contributed by atoms with Crippen LogP contribution in [0.15, 0.2) is 29.2 Å². The molecule has 4 nitrogen and oxygen atoms in total. The van der Waals surface area contributed by atoms with Gasteiger partial charge >= 0.3 is 0 Å². The Morgan fingerprint density at radius 2 is 1.80 bits per heavy atom. The molecule has 1 N–H and O–H groups in total. The third-order valence-electron chi connectivity index (χ3n) is 3.80. The molecule has 1 aromatic rings. The summed E-state index contributed by atoms with van der Waals surface area (Å²) in [5.41, 5.74) is 0.303. The van der Waals surface area contributed by atoms with Gasteiger partial charge in [-0.15, -0.1) is 0 Å². The van der Waals surface area contributed by atoms with Crippen molar-refractivity contribution in [3.05, 3.63) is 29.8 Å². The van der Waals surface area contributed by atoms with Crippen molar-refractivity contribution in [3.63, 3.8) is 0 Å². The van der Waals surface area contributed by atoms with E-state index in [4.69, 9.17) is 0 Å². The topological polar surface area (TPSA) is 57.6 Å². The lowest BCUT2D eigenvalue weighted by Crippen LogP contribution is -2.62. The van der Waals surface area contributed by atoms with Gasteiger partial charge in [0.25, 0.3) is 0 Å². The molecule has 20 heavy (non-hydrogen) atoms. The molecule has 0 unspecified atom stereocenters. The quantitative estimate of drug-likeness (QED) is 0.904. The highest BCUT2D eigenvalue weighted by molar-refractivity contribution is 7.89.